The van der Waals surface area contributed by atoms with Crippen molar-refractivity contribution in [3.8, 4) is 0 Å². The molecular weight excluding hydrogens is 100 g/mol. The Morgan fingerprint density at radius 1 is 1.71 bits per heavy atom. The van der Waals surface area contributed by atoms with E-state index >= 15 is 0 Å². The van der Waals surface area contributed by atoms with E-state index in [2.05, 4.69) is 13.5 Å². The first-order valence-corrected chi connectivity index (χ1v) is 5.02. The van der Waals surface area contributed by atoms with Gasteiger partial charge in [-0.2, -0.15) is 0 Å². The lowest BCUT2D eigenvalue weighted by molar-refractivity contribution is 1.07. The lowest BCUT2D eigenvalue weighted by atomic mass is 10.6. The fourth-order valence-corrected chi connectivity index (χ4v) is 1.62. The van der Waals surface area contributed by atoms with Gasteiger partial charge in [0.05, 0.1) is 0 Å². The smallest absolute Gasteiger partial charge is 0.0239 e. The van der Waals surface area contributed by atoms with Gasteiger partial charge in [0.15, 0.2) is 0 Å². The lowest BCUT2D eigenvalue weighted by Gasteiger charge is -1.86. The third kappa shape index (κ3) is 5.96. The van der Waals surface area contributed by atoms with E-state index < -0.39 is 0 Å². The highest BCUT2D eigenvalue weighted by molar-refractivity contribution is 6.35. The zero-order chi connectivity index (χ0) is 5.54. The normalized spacial score (nSPS) is 10.4. The van der Waals surface area contributed by atoms with Crippen LogP contribution in [-0.2, 0) is 0 Å². The summed E-state index contributed by atoms with van der Waals surface area (Å²) in [6, 6.07) is 2.82. The van der Waals surface area contributed by atoms with Gasteiger partial charge in [-0.15, -0.1) is 6.58 Å². The third-order valence-corrected chi connectivity index (χ3v) is 3.04. The molecule has 0 fully saturated rings. The summed E-state index contributed by atoms with van der Waals surface area (Å²) in [5.41, 5.74) is 0. The molecule has 0 nitrogen and oxygen atoms in total. The van der Waals surface area contributed by atoms with Crippen LogP contribution < -0.4 is 0 Å². The van der Waals surface area contributed by atoms with Crippen molar-refractivity contribution >= 4 is 9.52 Å². The van der Waals surface area contributed by atoms with Crippen molar-refractivity contribution in [3.05, 3.63) is 12.7 Å². The van der Waals surface area contributed by atoms with Crippen LogP contribution in [0.25, 0.3) is 0 Å². The maximum Gasteiger partial charge on any atom is 0.0239 e. The summed E-state index contributed by atoms with van der Waals surface area (Å²) >= 11 is 0. The van der Waals surface area contributed by atoms with Gasteiger partial charge in [0.25, 0.3) is 0 Å². The van der Waals surface area contributed by atoms with Crippen LogP contribution in [0.1, 0.15) is 13.3 Å². The summed E-state index contributed by atoms with van der Waals surface area (Å²) in [4.78, 5) is 0. The van der Waals surface area contributed by atoms with E-state index in [-0.39, 0.29) is 0 Å². The van der Waals surface area contributed by atoms with Gasteiger partial charge in [-0.1, -0.05) is 25.5 Å². The molecule has 0 aromatic rings. The van der Waals surface area contributed by atoms with Crippen molar-refractivity contribution in [2.24, 2.45) is 0 Å². The molecule has 0 radical (unpaired) electrons. The van der Waals surface area contributed by atoms with E-state index in [0.29, 0.717) is 9.52 Å². The first-order valence-electron chi connectivity index (χ1n) is 3.02. The minimum absolute atomic E-state index is 0.293. The number of hydrogen-bond donors (Lipinski definition) is 0. The summed E-state index contributed by atoms with van der Waals surface area (Å²) in [5.74, 6) is 0. The SMILES string of the molecule is C=CC[SiH2]CCC. The molecule has 0 N–H and O–H groups in total. The Balaban J connectivity index is 2.56. The zero-order valence-electron chi connectivity index (χ0n) is 5.11. The zero-order valence-corrected chi connectivity index (χ0v) is 6.53. The maximum atomic E-state index is 3.67. The van der Waals surface area contributed by atoms with Gasteiger partial charge in [-0.25, -0.2) is 0 Å². The molecule has 0 atom stereocenters. The van der Waals surface area contributed by atoms with Gasteiger partial charge in [-0.05, 0) is 6.04 Å². The molecule has 0 amide bonds. The Bertz CT molecular complexity index is 41.4. The molecule has 0 heterocycles. The molecular formula is C6H14Si. The largest absolute Gasteiger partial charge is 0.103 e. The second-order valence-electron chi connectivity index (χ2n) is 1.78. The highest BCUT2D eigenvalue weighted by Gasteiger charge is 1.79. The van der Waals surface area contributed by atoms with Crippen molar-refractivity contribution < 1.29 is 0 Å². The lowest BCUT2D eigenvalue weighted by Crippen LogP contribution is -1.82. The Kier molecular flexibility index (Phi) is 5.92. The van der Waals surface area contributed by atoms with Crippen molar-refractivity contribution in [1.82, 2.24) is 0 Å². The Labute approximate surface area is 48.4 Å². The summed E-state index contributed by atoms with van der Waals surface area (Å²) in [7, 11) is 0.293. The summed E-state index contributed by atoms with van der Waals surface area (Å²) < 4.78 is 0. The van der Waals surface area contributed by atoms with Crippen LogP contribution in [0, 0.1) is 0 Å². The quantitative estimate of drug-likeness (QED) is 0.296. The predicted octanol–water partition coefficient (Wildman–Crippen LogP) is 1.59. The van der Waals surface area contributed by atoms with Crippen LogP contribution in [-0.4, -0.2) is 9.52 Å². The summed E-state index contributed by atoms with van der Waals surface area (Å²) in [6.07, 6.45) is 3.42. The average molecular weight is 114 g/mol. The second-order valence-corrected chi connectivity index (χ2v) is 3.78. The van der Waals surface area contributed by atoms with Crippen LogP contribution in [0.3, 0.4) is 0 Å². The molecule has 0 saturated heterocycles. The highest BCUT2D eigenvalue weighted by atomic mass is 28.2. The first kappa shape index (κ1) is 6.96. The van der Waals surface area contributed by atoms with Crippen LogP contribution >= 0.6 is 0 Å². The summed E-state index contributed by atoms with van der Waals surface area (Å²) in [5, 5.41) is 0. The molecule has 0 spiro atoms. The van der Waals surface area contributed by atoms with Crippen LogP contribution in [0.5, 0.6) is 0 Å². The Morgan fingerprint density at radius 2 is 2.43 bits per heavy atom. The van der Waals surface area contributed by atoms with Gasteiger partial charge in [0.2, 0.25) is 0 Å². The van der Waals surface area contributed by atoms with E-state index in [9.17, 15) is 0 Å². The third-order valence-electron chi connectivity index (χ3n) is 1.01. The average Bonchev–Trinajstić information content (AvgIpc) is 1.69. The molecule has 0 rings (SSSR count). The van der Waals surface area contributed by atoms with Crippen LogP contribution in [0.2, 0.25) is 12.1 Å². The van der Waals surface area contributed by atoms with E-state index in [1.165, 1.54) is 18.5 Å². The molecule has 0 aliphatic carbocycles. The molecule has 0 aromatic heterocycles. The molecule has 0 unspecified atom stereocenters. The molecule has 0 aromatic carbocycles. The fraction of sp³-hybridized carbons (Fsp3) is 0.667. The molecule has 0 aliphatic rings. The number of hydrogen-bond acceptors (Lipinski definition) is 0. The molecule has 1 heteroatoms. The van der Waals surface area contributed by atoms with Crippen molar-refractivity contribution in [3.63, 3.8) is 0 Å². The van der Waals surface area contributed by atoms with E-state index in [1.807, 2.05) is 6.08 Å². The van der Waals surface area contributed by atoms with Crippen molar-refractivity contribution in [2.45, 2.75) is 25.4 Å². The van der Waals surface area contributed by atoms with Gasteiger partial charge < -0.3 is 0 Å². The second kappa shape index (κ2) is 5.96. The topological polar surface area (TPSA) is 0 Å². The Morgan fingerprint density at radius 3 is 2.86 bits per heavy atom. The number of rotatable bonds is 4. The van der Waals surface area contributed by atoms with Crippen molar-refractivity contribution in [1.29, 1.82) is 0 Å². The summed E-state index contributed by atoms with van der Waals surface area (Å²) in [6.45, 7) is 5.91. The van der Waals surface area contributed by atoms with E-state index in [4.69, 9.17) is 0 Å². The van der Waals surface area contributed by atoms with Gasteiger partial charge in [0.1, 0.15) is 0 Å². The van der Waals surface area contributed by atoms with Gasteiger partial charge in [-0.3, -0.25) is 0 Å². The predicted molar refractivity (Wildman–Crippen MR) is 38.6 cm³/mol. The molecule has 7 heavy (non-hydrogen) atoms. The first-order chi connectivity index (χ1) is 3.41. The molecule has 0 bridgehead atoms. The van der Waals surface area contributed by atoms with E-state index in [1.54, 1.807) is 0 Å². The fourth-order valence-electron chi connectivity index (χ4n) is 0.539. The van der Waals surface area contributed by atoms with Gasteiger partial charge >= 0.3 is 0 Å². The molecule has 42 valence electrons. The van der Waals surface area contributed by atoms with Crippen molar-refractivity contribution in [2.75, 3.05) is 0 Å². The Hall–Kier alpha value is -0.0431. The van der Waals surface area contributed by atoms with Crippen LogP contribution in [0.15, 0.2) is 12.7 Å². The standard InChI is InChI=1S/C6H14Si/c1-3-5-7-6-4-2/h3H,1,4-7H2,2H3. The minimum Gasteiger partial charge on any atom is -0.103 e. The minimum atomic E-state index is 0.293. The number of allylic oxidation sites excluding steroid dienone is 1. The van der Waals surface area contributed by atoms with Gasteiger partial charge in [0, 0.05) is 9.52 Å². The molecule has 0 saturated carbocycles. The maximum absolute atomic E-state index is 3.67. The molecule has 0 aliphatic heterocycles. The highest BCUT2D eigenvalue weighted by Crippen LogP contribution is 1.89. The monoisotopic (exact) mass is 114 g/mol. The van der Waals surface area contributed by atoms with Crippen LogP contribution in [0.4, 0.5) is 0 Å². The van der Waals surface area contributed by atoms with E-state index in [0.717, 1.165) is 0 Å².